The average molecular weight is 636 g/mol. The van der Waals surface area contributed by atoms with Gasteiger partial charge in [0.05, 0.1) is 23.4 Å². The smallest absolute Gasteiger partial charge is 0.271 e. The molecule has 7 rings (SSSR count). The summed E-state index contributed by atoms with van der Waals surface area (Å²) < 4.78 is 15.4. The molecule has 42 heavy (non-hydrogen) atoms. The minimum Gasteiger partial charge on any atom is -0.496 e. The molecule has 0 radical (unpaired) electrons. The van der Waals surface area contributed by atoms with Crippen LogP contribution in [0.3, 0.4) is 0 Å². The number of hydrogen-bond donors (Lipinski definition) is 0. The first-order chi connectivity index (χ1) is 20.6. The molecule has 1 aliphatic heterocycles. The predicted octanol–water partition coefficient (Wildman–Crippen LogP) is 6.67. The van der Waals surface area contributed by atoms with Crippen LogP contribution < -0.4 is 24.4 Å². The summed E-state index contributed by atoms with van der Waals surface area (Å²) in [5.74, 6) is 1.51. The van der Waals surface area contributed by atoms with E-state index in [4.69, 9.17) is 14.5 Å². The minimum atomic E-state index is -0.288. The lowest BCUT2D eigenvalue weighted by Gasteiger charge is -2.31. The van der Waals surface area contributed by atoms with E-state index < -0.39 is 0 Å². The van der Waals surface area contributed by atoms with Gasteiger partial charge in [0.15, 0.2) is 4.80 Å². The maximum atomic E-state index is 14.1. The third-order valence-corrected chi connectivity index (χ3v) is 9.29. The SMILES string of the molecule is COc1ccccc1[C@H]1C2=C(N=c3s/c(=C/c4cccc(OCc5ccc(Br)cc5)c4)c(=O)n31)c1ccccc1CC2. The molecule has 0 unspecified atom stereocenters. The molecule has 2 heterocycles. The molecule has 1 aliphatic carbocycles. The number of allylic oxidation sites excluding steroid dienone is 1. The third-order valence-electron chi connectivity index (χ3n) is 7.78. The van der Waals surface area contributed by atoms with E-state index in [-0.39, 0.29) is 11.6 Å². The van der Waals surface area contributed by atoms with Gasteiger partial charge >= 0.3 is 0 Å². The molecule has 0 spiro atoms. The van der Waals surface area contributed by atoms with Crippen molar-refractivity contribution in [3.63, 3.8) is 0 Å². The highest BCUT2D eigenvalue weighted by atomic mass is 79.9. The van der Waals surface area contributed by atoms with E-state index in [0.717, 1.165) is 62.3 Å². The standard InChI is InChI=1S/C35H27BrN2O3S/c1-40-30-12-5-4-11-28(30)33-29-18-15-24-8-2-3-10-27(24)32(29)37-35-38(33)34(39)31(42-35)20-23-7-6-9-26(19-23)41-21-22-13-16-25(36)17-14-22/h2-14,16-17,19-20,33H,15,18,21H2,1H3/b31-20+/t33-/m0/s1. The van der Waals surface area contributed by atoms with Crippen LogP contribution in [0.15, 0.2) is 117 Å². The third kappa shape index (κ3) is 4.93. The summed E-state index contributed by atoms with van der Waals surface area (Å²) in [5.41, 5.74) is 7.46. The Morgan fingerprint density at radius 2 is 1.79 bits per heavy atom. The number of halogens is 1. The monoisotopic (exact) mass is 634 g/mol. The zero-order valence-corrected chi connectivity index (χ0v) is 25.3. The van der Waals surface area contributed by atoms with Gasteiger partial charge < -0.3 is 9.47 Å². The van der Waals surface area contributed by atoms with Crippen molar-refractivity contribution >= 4 is 39.0 Å². The first-order valence-corrected chi connectivity index (χ1v) is 15.4. The van der Waals surface area contributed by atoms with Crippen LogP contribution in [0.2, 0.25) is 0 Å². The van der Waals surface area contributed by atoms with Crippen molar-refractivity contribution in [1.82, 2.24) is 4.57 Å². The molecule has 4 aromatic carbocycles. The maximum Gasteiger partial charge on any atom is 0.271 e. The van der Waals surface area contributed by atoms with Crippen molar-refractivity contribution < 1.29 is 9.47 Å². The Morgan fingerprint density at radius 3 is 2.64 bits per heavy atom. The number of ether oxygens (including phenoxy) is 2. The lowest BCUT2D eigenvalue weighted by molar-refractivity contribution is 0.306. The van der Waals surface area contributed by atoms with E-state index >= 15 is 0 Å². The van der Waals surface area contributed by atoms with E-state index in [0.29, 0.717) is 15.9 Å². The Bertz CT molecular complexity index is 2020. The van der Waals surface area contributed by atoms with Crippen molar-refractivity contribution in [1.29, 1.82) is 0 Å². The summed E-state index contributed by atoms with van der Waals surface area (Å²) in [6.07, 6.45) is 3.68. The number of benzene rings is 4. The molecule has 0 saturated carbocycles. The van der Waals surface area contributed by atoms with Gasteiger partial charge in [0.1, 0.15) is 18.1 Å². The summed E-state index contributed by atoms with van der Waals surface area (Å²) in [7, 11) is 1.68. The van der Waals surface area contributed by atoms with E-state index in [9.17, 15) is 4.79 Å². The highest BCUT2D eigenvalue weighted by Crippen LogP contribution is 2.43. The quantitative estimate of drug-likeness (QED) is 0.210. The van der Waals surface area contributed by atoms with Gasteiger partial charge in [-0.25, -0.2) is 4.99 Å². The van der Waals surface area contributed by atoms with Gasteiger partial charge in [0.2, 0.25) is 0 Å². The second kappa shape index (κ2) is 11.2. The first-order valence-electron chi connectivity index (χ1n) is 13.8. The largest absolute Gasteiger partial charge is 0.496 e. The van der Waals surface area contributed by atoms with Crippen molar-refractivity contribution in [3.8, 4) is 11.5 Å². The number of thiazole rings is 1. The van der Waals surface area contributed by atoms with Crippen LogP contribution in [0.25, 0.3) is 11.8 Å². The Balaban J connectivity index is 1.33. The fourth-order valence-corrected chi connectivity index (χ4v) is 7.05. The van der Waals surface area contributed by atoms with Crippen LogP contribution in [0.4, 0.5) is 0 Å². The van der Waals surface area contributed by atoms with Crippen molar-refractivity contribution in [3.05, 3.63) is 155 Å². The van der Waals surface area contributed by atoms with Crippen LogP contribution >= 0.6 is 27.3 Å². The number of aryl methyl sites for hydroxylation is 1. The number of fused-ring (bicyclic) bond motifs is 3. The molecule has 0 saturated heterocycles. The number of hydrogen-bond acceptors (Lipinski definition) is 5. The van der Waals surface area contributed by atoms with Crippen molar-refractivity contribution in [2.75, 3.05) is 7.11 Å². The van der Waals surface area contributed by atoms with Crippen molar-refractivity contribution in [2.24, 2.45) is 4.99 Å². The van der Waals surface area contributed by atoms with Gasteiger partial charge in [-0.3, -0.25) is 9.36 Å². The molecule has 0 bridgehead atoms. The first kappa shape index (κ1) is 26.7. The molecule has 0 fully saturated rings. The Hall–Kier alpha value is -4.20. The summed E-state index contributed by atoms with van der Waals surface area (Å²) >= 11 is 4.90. The molecule has 7 heteroatoms. The predicted molar refractivity (Wildman–Crippen MR) is 171 cm³/mol. The van der Waals surface area contributed by atoms with Gasteiger partial charge in [-0.1, -0.05) is 94.0 Å². The fraction of sp³-hybridized carbons (Fsp3) is 0.143. The van der Waals surface area contributed by atoms with Gasteiger partial charge in [0.25, 0.3) is 5.56 Å². The van der Waals surface area contributed by atoms with Gasteiger partial charge in [-0.15, -0.1) is 0 Å². The van der Waals surface area contributed by atoms with Crippen LogP contribution in [-0.2, 0) is 13.0 Å². The Morgan fingerprint density at radius 1 is 0.976 bits per heavy atom. The number of methoxy groups -OCH3 is 1. The minimum absolute atomic E-state index is 0.0544. The molecule has 208 valence electrons. The van der Waals surface area contributed by atoms with E-state index in [1.807, 2.05) is 77.4 Å². The zero-order valence-electron chi connectivity index (χ0n) is 22.9. The Labute approximate surface area is 255 Å². The van der Waals surface area contributed by atoms with E-state index in [1.54, 1.807) is 7.11 Å². The number of para-hydroxylation sites is 1. The van der Waals surface area contributed by atoms with Gasteiger partial charge in [-0.2, -0.15) is 0 Å². The molecule has 5 nitrogen and oxygen atoms in total. The number of aromatic nitrogens is 1. The van der Waals surface area contributed by atoms with Crippen molar-refractivity contribution in [2.45, 2.75) is 25.5 Å². The highest BCUT2D eigenvalue weighted by molar-refractivity contribution is 9.10. The normalized spacial score (nSPS) is 15.9. The van der Waals surface area contributed by atoms with Gasteiger partial charge in [0, 0.05) is 15.6 Å². The topological polar surface area (TPSA) is 52.8 Å². The number of rotatable bonds is 6. The van der Waals surface area contributed by atoms with Gasteiger partial charge in [-0.05, 0) is 71.5 Å². The summed E-state index contributed by atoms with van der Waals surface area (Å²) in [5, 5.41) is 0. The van der Waals surface area contributed by atoms with E-state index in [1.165, 1.54) is 16.9 Å². The van der Waals surface area contributed by atoms with Crippen LogP contribution in [-0.4, -0.2) is 11.7 Å². The second-order valence-corrected chi connectivity index (χ2v) is 12.3. The molecule has 0 amide bonds. The number of nitrogens with zero attached hydrogens (tertiary/aromatic N) is 2. The molecule has 0 N–H and O–H groups in total. The second-order valence-electron chi connectivity index (χ2n) is 10.3. The van der Waals surface area contributed by atoms with Crippen LogP contribution in [0, 0.1) is 0 Å². The molecule has 2 aliphatic rings. The highest BCUT2D eigenvalue weighted by Gasteiger charge is 2.33. The lowest BCUT2D eigenvalue weighted by atomic mass is 9.83. The Kier molecular flexibility index (Phi) is 7.14. The summed E-state index contributed by atoms with van der Waals surface area (Å²) in [6, 6.07) is 32.1. The fourth-order valence-electron chi connectivity index (χ4n) is 5.78. The molecule has 5 aromatic rings. The maximum absolute atomic E-state index is 14.1. The molecule has 1 atom stereocenters. The van der Waals surface area contributed by atoms with Crippen LogP contribution in [0.1, 0.15) is 40.3 Å². The molecular formula is C35H27BrN2O3S. The van der Waals surface area contributed by atoms with E-state index in [2.05, 4.69) is 46.3 Å². The average Bonchev–Trinajstić information content (AvgIpc) is 3.33. The lowest BCUT2D eigenvalue weighted by Crippen LogP contribution is -2.39. The molecular weight excluding hydrogens is 608 g/mol. The zero-order chi connectivity index (χ0) is 28.6. The summed E-state index contributed by atoms with van der Waals surface area (Å²) in [6.45, 7) is 0.463. The van der Waals surface area contributed by atoms with Crippen LogP contribution in [0.5, 0.6) is 11.5 Å². The molecule has 1 aromatic heterocycles. The summed E-state index contributed by atoms with van der Waals surface area (Å²) in [4.78, 5) is 19.9.